The van der Waals surface area contributed by atoms with Crippen LogP contribution in [0.15, 0.2) is 29.2 Å². The Morgan fingerprint density at radius 1 is 1.20 bits per heavy atom. The summed E-state index contributed by atoms with van der Waals surface area (Å²) in [6.45, 7) is 2.38. The van der Waals surface area contributed by atoms with Crippen LogP contribution in [0.25, 0.3) is 0 Å². The van der Waals surface area contributed by atoms with Crippen LogP contribution in [-0.4, -0.2) is 31.9 Å². The first kappa shape index (κ1) is 15.3. The number of anilines is 1. The van der Waals surface area contributed by atoms with Gasteiger partial charge in [-0.15, -0.1) is 0 Å². The Hall–Kier alpha value is -1.07. The van der Waals surface area contributed by atoms with Crippen LogP contribution >= 0.6 is 0 Å². The molecule has 0 amide bonds. The molecule has 4 nitrogen and oxygen atoms in total. The lowest BCUT2D eigenvalue weighted by Gasteiger charge is -2.28. The van der Waals surface area contributed by atoms with Gasteiger partial charge in [-0.1, -0.05) is 19.8 Å². The van der Waals surface area contributed by atoms with E-state index in [4.69, 9.17) is 0 Å². The van der Waals surface area contributed by atoms with E-state index in [1.807, 2.05) is 0 Å². The van der Waals surface area contributed by atoms with Crippen molar-refractivity contribution in [3.05, 3.63) is 24.3 Å². The lowest BCUT2D eigenvalue weighted by Crippen LogP contribution is -2.30. The van der Waals surface area contributed by atoms with Crippen LogP contribution in [0.1, 0.15) is 32.6 Å². The van der Waals surface area contributed by atoms with E-state index in [0.717, 1.165) is 31.5 Å². The van der Waals surface area contributed by atoms with Crippen molar-refractivity contribution in [3.8, 4) is 0 Å². The molecule has 2 rings (SSSR count). The summed E-state index contributed by atoms with van der Waals surface area (Å²) in [5.41, 5.74) is 0.901. The van der Waals surface area contributed by atoms with Crippen molar-refractivity contribution in [2.24, 2.45) is 5.92 Å². The Morgan fingerprint density at radius 3 is 2.45 bits per heavy atom. The lowest BCUT2D eigenvalue weighted by atomic mass is 9.86. The first-order chi connectivity index (χ1) is 9.53. The molecule has 112 valence electrons. The summed E-state index contributed by atoms with van der Waals surface area (Å²) in [5, 5.41) is 13.2. The second kappa shape index (κ2) is 6.59. The van der Waals surface area contributed by atoms with Gasteiger partial charge < -0.3 is 10.4 Å². The molecule has 1 aliphatic carbocycles. The zero-order chi connectivity index (χ0) is 14.6. The van der Waals surface area contributed by atoms with Gasteiger partial charge in [-0.25, -0.2) is 8.42 Å². The molecular weight excluding hydrogens is 274 g/mol. The molecule has 20 heavy (non-hydrogen) atoms. The standard InChI is InChI=1S/C15H23NO3S/c1-2-20(18,19)14-9-7-13(8-10-14)16-11-12-5-3-4-6-15(12)17/h7-10,12,15-17H,2-6,11H2,1H3. The summed E-state index contributed by atoms with van der Waals surface area (Å²) in [4.78, 5) is 0.364. The Morgan fingerprint density at radius 2 is 1.85 bits per heavy atom. The molecular formula is C15H23NO3S. The quantitative estimate of drug-likeness (QED) is 0.876. The van der Waals surface area contributed by atoms with Gasteiger partial charge in [-0.05, 0) is 37.1 Å². The zero-order valence-corrected chi connectivity index (χ0v) is 12.7. The predicted octanol–water partition coefficient (Wildman–Crippen LogP) is 2.44. The van der Waals surface area contributed by atoms with Crippen molar-refractivity contribution in [2.45, 2.75) is 43.6 Å². The molecule has 5 heteroatoms. The van der Waals surface area contributed by atoms with E-state index in [-0.39, 0.29) is 11.9 Å². The van der Waals surface area contributed by atoms with Crippen molar-refractivity contribution < 1.29 is 13.5 Å². The molecule has 2 unspecified atom stereocenters. The van der Waals surface area contributed by atoms with Crippen LogP contribution in [0.2, 0.25) is 0 Å². The third kappa shape index (κ3) is 3.73. The number of nitrogens with one attached hydrogen (secondary N) is 1. The maximum Gasteiger partial charge on any atom is 0.178 e. The minimum absolute atomic E-state index is 0.119. The Kier molecular flexibility index (Phi) is 5.05. The highest BCUT2D eigenvalue weighted by atomic mass is 32.2. The highest BCUT2D eigenvalue weighted by Gasteiger charge is 2.22. The van der Waals surface area contributed by atoms with Crippen molar-refractivity contribution >= 4 is 15.5 Å². The SMILES string of the molecule is CCS(=O)(=O)c1ccc(NCC2CCCCC2O)cc1. The predicted molar refractivity (Wildman–Crippen MR) is 80.6 cm³/mol. The van der Waals surface area contributed by atoms with Gasteiger partial charge >= 0.3 is 0 Å². The molecule has 0 radical (unpaired) electrons. The molecule has 0 bridgehead atoms. The first-order valence-electron chi connectivity index (χ1n) is 7.27. The fourth-order valence-corrected chi connectivity index (χ4v) is 3.51. The second-order valence-corrected chi connectivity index (χ2v) is 7.70. The van der Waals surface area contributed by atoms with E-state index in [2.05, 4.69) is 5.32 Å². The smallest absolute Gasteiger partial charge is 0.178 e. The third-order valence-electron chi connectivity index (χ3n) is 4.03. The minimum atomic E-state index is -3.13. The molecule has 0 spiro atoms. The van der Waals surface area contributed by atoms with Crippen LogP contribution in [-0.2, 0) is 9.84 Å². The first-order valence-corrected chi connectivity index (χ1v) is 8.93. The van der Waals surface area contributed by atoms with Crippen LogP contribution in [0, 0.1) is 5.92 Å². The highest BCUT2D eigenvalue weighted by molar-refractivity contribution is 7.91. The molecule has 1 aliphatic rings. The van der Waals surface area contributed by atoms with Gasteiger partial charge in [0.15, 0.2) is 9.84 Å². The molecule has 0 heterocycles. The number of benzene rings is 1. The maximum atomic E-state index is 11.7. The maximum absolute atomic E-state index is 11.7. The number of sulfone groups is 1. The normalized spacial score (nSPS) is 23.5. The summed E-state index contributed by atoms with van der Waals surface area (Å²) >= 11 is 0. The average Bonchev–Trinajstić information content (AvgIpc) is 2.47. The number of aliphatic hydroxyl groups is 1. The van der Waals surface area contributed by atoms with Crippen molar-refractivity contribution in [1.82, 2.24) is 0 Å². The van der Waals surface area contributed by atoms with E-state index in [1.165, 1.54) is 6.42 Å². The summed E-state index contributed by atoms with van der Waals surface area (Å²) < 4.78 is 23.4. The molecule has 0 aliphatic heterocycles. The van der Waals surface area contributed by atoms with E-state index >= 15 is 0 Å². The molecule has 1 fully saturated rings. The van der Waals surface area contributed by atoms with Crippen LogP contribution in [0.3, 0.4) is 0 Å². The second-order valence-electron chi connectivity index (χ2n) is 5.42. The van der Waals surface area contributed by atoms with E-state index < -0.39 is 9.84 Å². The Bertz CT molecular complexity index is 525. The third-order valence-corrected chi connectivity index (χ3v) is 5.78. The average molecular weight is 297 g/mol. The number of hydrogen-bond acceptors (Lipinski definition) is 4. The summed E-state index contributed by atoms with van der Waals surface area (Å²) in [6.07, 6.45) is 4.02. The molecule has 1 aromatic rings. The monoisotopic (exact) mass is 297 g/mol. The van der Waals surface area contributed by atoms with E-state index in [0.29, 0.717) is 10.8 Å². The van der Waals surface area contributed by atoms with Gasteiger partial charge in [0.2, 0.25) is 0 Å². The largest absolute Gasteiger partial charge is 0.393 e. The topological polar surface area (TPSA) is 66.4 Å². The number of aliphatic hydroxyl groups excluding tert-OH is 1. The number of hydrogen-bond donors (Lipinski definition) is 2. The molecule has 2 atom stereocenters. The van der Waals surface area contributed by atoms with Crippen molar-refractivity contribution in [2.75, 3.05) is 17.6 Å². The van der Waals surface area contributed by atoms with Gasteiger partial charge in [-0.2, -0.15) is 0 Å². The van der Waals surface area contributed by atoms with Gasteiger partial charge in [0.1, 0.15) is 0 Å². The van der Waals surface area contributed by atoms with Crippen LogP contribution < -0.4 is 5.32 Å². The van der Waals surface area contributed by atoms with E-state index in [9.17, 15) is 13.5 Å². The minimum Gasteiger partial charge on any atom is -0.393 e. The summed E-state index contributed by atoms with van der Waals surface area (Å²) in [6, 6.07) is 6.85. The van der Waals surface area contributed by atoms with Crippen molar-refractivity contribution in [1.29, 1.82) is 0 Å². The highest BCUT2D eigenvalue weighted by Crippen LogP contribution is 2.25. The Balaban J connectivity index is 1.94. The molecule has 2 N–H and O–H groups in total. The lowest BCUT2D eigenvalue weighted by molar-refractivity contribution is 0.0763. The molecule has 0 aromatic heterocycles. The molecule has 1 aromatic carbocycles. The van der Waals surface area contributed by atoms with Gasteiger partial charge in [0.25, 0.3) is 0 Å². The van der Waals surface area contributed by atoms with Gasteiger partial charge in [0.05, 0.1) is 16.8 Å². The van der Waals surface area contributed by atoms with Crippen LogP contribution in [0.5, 0.6) is 0 Å². The number of rotatable bonds is 5. The van der Waals surface area contributed by atoms with E-state index in [1.54, 1.807) is 31.2 Å². The van der Waals surface area contributed by atoms with Gasteiger partial charge in [0, 0.05) is 18.2 Å². The molecule has 0 saturated heterocycles. The fraction of sp³-hybridized carbons (Fsp3) is 0.600. The van der Waals surface area contributed by atoms with Crippen molar-refractivity contribution in [3.63, 3.8) is 0 Å². The summed E-state index contributed by atoms with van der Waals surface area (Å²) in [7, 11) is -3.13. The van der Waals surface area contributed by atoms with Crippen LogP contribution in [0.4, 0.5) is 5.69 Å². The van der Waals surface area contributed by atoms with Gasteiger partial charge in [-0.3, -0.25) is 0 Å². The zero-order valence-electron chi connectivity index (χ0n) is 11.9. The fourth-order valence-electron chi connectivity index (χ4n) is 2.62. The summed E-state index contributed by atoms with van der Waals surface area (Å²) in [5.74, 6) is 0.413. The Labute approximate surface area is 121 Å². The molecule has 1 saturated carbocycles.